The molecule has 0 aromatic heterocycles. The van der Waals surface area contributed by atoms with E-state index in [1.165, 1.54) is 16.5 Å². The number of benzene rings is 1. The summed E-state index contributed by atoms with van der Waals surface area (Å²) in [5, 5.41) is 2.31. The molecule has 0 saturated carbocycles. The molecule has 0 atom stereocenters. The van der Waals surface area contributed by atoms with Crippen LogP contribution in [0.3, 0.4) is 0 Å². The lowest BCUT2D eigenvalue weighted by molar-refractivity contribution is -0.112. The van der Waals surface area contributed by atoms with Crippen LogP contribution < -0.4 is 16.2 Å². The largest absolute Gasteiger partial charge is 0.364 e. The van der Waals surface area contributed by atoms with Gasteiger partial charge in [0.05, 0.1) is 6.54 Å². The Balaban J connectivity index is 2.10. The van der Waals surface area contributed by atoms with E-state index >= 15 is 0 Å². The van der Waals surface area contributed by atoms with Crippen molar-refractivity contribution in [2.75, 3.05) is 6.54 Å². The van der Waals surface area contributed by atoms with E-state index < -0.39 is 5.91 Å². The van der Waals surface area contributed by atoms with Gasteiger partial charge in [0.1, 0.15) is 11.5 Å². The smallest absolute Gasteiger partial charge is 0.265 e. The maximum absolute atomic E-state index is 11.3. The highest BCUT2D eigenvalue weighted by atomic mass is 16.1. The van der Waals surface area contributed by atoms with Gasteiger partial charge in [0.2, 0.25) is 0 Å². The number of hydrogen-bond acceptors (Lipinski definition) is 3. The molecule has 88 valence electrons. The van der Waals surface area contributed by atoms with Crippen molar-refractivity contribution < 1.29 is 4.79 Å². The third kappa shape index (κ3) is 1.09. The molecule has 3 heterocycles. The Morgan fingerprint density at radius 3 is 2.72 bits per heavy atom. The van der Waals surface area contributed by atoms with Crippen molar-refractivity contribution in [3.8, 4) is 0 Å². The summed E-state index contributed by atoms with van der Waals surface area (Å²) in [4.78, 5) is 17.8. The topological polar surface area (TPSA) is 58.7 Å². The van der Waals surface area contributed by atoms with Gasteiger partial charge in [-0.05, 0) is 16.9 Å². The van der Waals surface area contributed by atoms with Crippen molar-refractivity contribution in [1.82, 2.24) is 4.90 Å². The second kappa shape index (κ2) is 3.10. The fourth-order valence-electron chi connectivity index (χ4n) is 2.70. The van der Waals surface area contributed by atoms with Crippen molar-refractivity contribution in [3.63, 3.8) is 0 Å². The number of amides is 1. The Kier molecular flexibility index (Phi) is 1.66. The standard InChI is InChI=1S/C14H11N3O/c15-13(18)12-7-17-9-5-8(6-9)10-3-1-2-4-11(10)14(17)16-12/h1-5H,6-7H2,(H2,15,18). The van der Waals surface area contributed by atoms with Crippen molar-refractivity contribution >= 4 is 23.0 Å². The summed E-state index contributed by atoms with van der Waals surface area (Å²) < 4.78 is 0. The molecule has 5 rings (SSSR count). The van der Waals surface area contributed by atoms with E-state index in [4.69, 9.17) is 5.73 Å². The molecule has 1 aromatic rings. The summed E-state index contributed by atoms with van der Waals surface area (Å²) in [5.41, 5.74) is 8.34. The van der Waals surface area contributed by atoms with Gasteiger partial charge in [0.25, 0.3) is 5.91 Å². The van der Waals surface area contributed by atoms with Gasteiger partial charge < -0.3 is 10.6 Å². The van der Waals surface area contributed by atoms with Crippen LogP contribution in [-0.2, 0) is 4.79 Å². The third-order valence-electron chi connectivity index (χ3n) is 3.66. The predicted octanol–water partition coefficient (Wildman–Crippen LogP) is -0.554. The van der Waals surface area contributed by atoms with Crippen LogP contribution in [0.25, 0.3) is 11.4 Å². The number of carbonyl (C=O) groups is 1. The number of rotatable bonds is 1. The van der Waals surface area contributed by atoms with Crippen molar-refractivity contribution in [2.24, 2.45) is 10.7 Å². The summed E-state index contributed by atoms with van der Waals surface area (Å²) in [6.07, 6.45) is 3.12. The molecule has 1 aromatic carbocycles. The lowest BCUT2D eigenvalue weighted by atomic mass is 9.96. The molecule has 2 N–H and O–H groups in total. The first-order valence-electron chi connectivity index (χ1n) is 5.92. The highest BCUT2D eigenvalue weighted by Gasteiger charge is 2.32. The molecule has 2 bridgehead atoms. The number of carbonyl (C=O) groups excluding carboxylic acids is 1. The summed E-state index contributed by atoms with van der Waals surface area (Å²) in [6.45, 7) is 0.498. The quantitative estimate of drug-likeness (QED) is 0.712. The molecule has 4 heteroatoms. The normalized spacial score (nSPS) is 19.4. The van der Waals surface area contributed by atoms with E-state index in [0.717, 1.165) is 17.5 Å². The lowest BCUT2D eigenvalue weighted by Crippen LogP contribution is -2.31. The van der Waals surface area contributed by atoms with Gasteiger partial charge in [-0.2, -0.15) is 0 Å². The number of hydrogen-bond donors (Lipinski definition) is 1. The maximum atomic E-state index is 11.3. The Hall–Kier alpha value is -2.36. The molecule has 0 saturated heterocycles. The number of nitrogens with zero attached hydrogens (tertiary/aromatic N) is 2. The zero-order valence-electron chi connectivity index (χ0n) is 9.68. The molecule has 1 aliphatic carbocycles. The SMILES string of the molecule is NC(=O)C1=NC2=c3ccccc3=C3C=C(C3)N2C1. The zero-order chi connectivity index (χ0) is 12.3. The van der Waals surface area contributed by atoms with E-state index in [0.29, 0.717) is 12.3 Å². The van der Waals surface area contributed by atoms with Crippen LogP contribution in [0.2, 0.25) is 0 Å². The van der Waals surface area contributed by atoms with Crippen LogP contribution in [0.4, 0.5) is 0 Å². The number of aliphatic imine (C=N–C) groups is 1. The molecule has 0 spiro atoms. The van der Waals surface area contributed by atoms with Crippen LogP contribution in [0.5, 0.6) is 0 Å². The van der Waals surface area contributed by atoms with Crippen LogP contribution in [0.15, 0.2) is 41.0 Å². The average molecular weight is 237 g/mol. The second-order valence-corrected chi connectivity index (χ2v) is 4.72. The molecular formula is C14H11N3O. The van der Waals surface area contributed by atoms with Crippen LogP contribution in [0, 0.1) is 0 Å². The highest BCUT2D eigenvalue weighted by molar-refractivity contribution is 6.40. The monoisotopic (exact) mass is 237 g/mol. The minimum absolute atomic E-state index is 0.433. The predicted molar refractivity (Wildman–Crippen MR) is 68.5 cm³/mol. The van der Waals surface area contributed by atoms with E-state index in [1.54, 1.807) is 0 Å². The second-order valence-electron chi connectivity index (χ2n) is 4.72. The first kappa shape index (κ1) is 9.65. The van der Waals surface area contributed by atoms with Crippen LogP contribution in [-0.4, -0.2) is 23.1 Å². The molecule has 1 amide bonds. The van der Waals surface area contributed by atoms with E-state index in [2.05, 4.69) is 22.0 Å². The van der Waals surface area contributed by atoms with Crippen molar-refractivity contribution in [3.05, 3.63) is 46.5 Å². The van der Waals surface area contributed by atoms with Crippen molar-refractivity contribution in [1.29, 1.82) is 0 Å². The first-order valence-corrected chi connectivity index (χ1v) is 5.92. The summed E-state index contributed by atoms with van der Waals surface area (Å²) in [5.74, 6) is 0.426. The van der Waals surface area contributed by atoms with E-state index in [9.17, 15) is 4.79 Å². The van der Waals surface area contributed by atoms with Gasteiger partial charge in [-0.25, -0.2) is 4.99 Å². The Bertz CT molecular complexity index is 770. The Morgan fingerprint density at radius 2 is 2.00 bits per heavy atom. The summed E-state index contributed by atoms with van der Waals surface area (Å²) in [7, 11) is 0. The lowest BCUT2D eigenvalue weighted by Gasteiger charge is -2.26. The van der Waals surface area contributed by atoms with E-state index in [-0.39, 0.29) is 0 Å². The van der Waals surface area contributed by atoms with Gasteiger partial charge in [-0.3, -0.25) is 4.79 Å². The van der Waals surface area contributed by atoms with Gasteiger partial charge >= 0.3 is 0 Å². The molecular weight excluding hydrogens is 226 g/mol. The molecule has 0 radical (unpaired) electrons. The first-order chi connectivity index (χ1) is 8.74. The zero-order valence-corrected chi connectivity index (χ0v) is 9.68. The maximum Gasteiger partial charge on any atom is 0.265 e. The minimum atomic E-state index is -0.433. The molecule has 0 fully saturated rings. The minimum Gasteiger partial charge on any atom is -0.364 e. The number of allylic oxidation sites excluding steroid dienone is 2. The fraction of sp³-hybridized carbons (Fsp3) is 0.143. The van der Waals surface area contributed by atoms with Gasteiger partial charge in [0, 0.05) is 17.3 Å². The molecule has 4 nitrogen and oxygen atoms in total. The Labute approximate surface area is 103 Å². The molecule has 3 aliphatic heterocycles. The van der Waals surface area contributed by atoms with Crippen LogP contribution in [0.1, 0.15) is 6.42 Å². The van der Waals surface area contributed by atoms with Crippen LogP contribution >= 0.6 is 0 Å². The van der Waals surface area contributed by atoms with E-state index in [1.807, 2.05) is 18.2 Å². The molecule has 0 unspecified atom stereocenters. The number of primary amides is 1. The number of nitrogens with two attached hydrogens (primary N) is 1. The van der Waals surface area contributed by atoms with Gasteiger partial charge in [-0.15, -0.1) is 0 Å². The van der Waals surface area contributed by atoms with Crippen molar-refractivity contribution in [2.45, 2.75) is 6.42 Å². The molecule has 4 aliphatic rings. The summed E-state index contributed by atoms with van der Waals surface area (Å²) in [6, 6.07) is 8.18. The van der Waals surface area contributed by atoms with Gasteiger partial charge in [0.15, 0.2) is 0 Å². The van der Waals surface area contributed by atoms with Gasteiger partial charge in [-0.1, -0.05) is 24.3 Å². The fourth-order valence-corrected chi connectivity index (χ4v) is 2.70. The Morgan fingerprint density at radius 1 is 1.28 bits per heavy atom. The molecule has 18 heavy (non-hydrogen) atoms. The average Bonchev–Trinajstić information content (AvgIpc) is 2.64. The summed E-state index contributed by atoms with van der Waals surface area (Å²) >= 11 is 0. The highest BCUT2D eigenvalue weighted by Crippen LogP contribution is 2.34. The third-order valence-corrected chi connectivity index (χ3v) is 3.66.